The van der Waals surface area contributed by atoms with Gasteiger partial charge in [-0.1, -0.05) is 42.1 Å². The van der Waals surface area contributed by atoms with E-state index in [1.807, 2.05) is 5.32 Å². The Morgan fingerprint density at radius 1 is 1.11 bits per heavy atom. The van der Waals surface area contributed by atoms with Crippen LogP contribution in [0.4, 0.5) is 9.59 Å². The largest absolute Gasteiger partial charge is 0.427 e. The first-order valence-electron chi connectivity index (χ1n) is 13.8. The first-order chi connectivity index (χ1) is 21.8. The highest BCUT2D eigenvalue weighted by atomic mass is 32.2. The Balaban J connectivity index is 1.52. The van der Waals surface area contributed by atoms with Gasteiger partial charge in [-0.2, -0.15) is 0 Å². The highest BCUT2D eigenvalue weighted by molar-refractivity contribution is 8.01. The lowest BCUT2D eigenvalue weighted by Gasteiger charge is -2.50. The highest BCUT2D eigenvalue weighted by Gasteiger charge is 2.55. The summed E-state index contributed by atoms with van der Waals surface area (Å²) in [5.74, 6) is -2.23. The molecule has 1 fully saturated rings. The van der Waals surface area contributed by atoms with Gasteiger partial charge in [0.25, 0.3) is 5.91 Å². The van der Waals surface area contributed by atoms with Gasteiger partial charge in [-0.05, 0) is 42.3 Å². The minimum Gasteiger partial charge on any atom is -0.427 e. The van der Waals surface area contributed by atoms with Crippen LogP contribution >= 0.6 is 23.5 Å². The number of aromatic nitrogens is 4. The number of carbonyl (C=O) groups is 6. The second-order valence-corrected chi connectivity index (χ2v) is 13.0. The summed E-state index contributed by atoms with van der Waals surface area (Å²) in [6, 6.07) is 4.25. The fourth-order valence-corrected chi connectivity index (χ4v) is 6.55. The molecular weight excluding hydrogens is 642 g/mol. The maximum absolute atomic E-state index is 13.5. The number of imide groups is 1. The summed E-state index contributed by atoms with van der Waals surface area (Å²) < 4.78 is 11.8. The van der Waals surface area contributed by atoms with Crippen LogP contribution in [0.5, 0.6) is 0 Å². The number of fused-ring (bicyclic) bond motifs is 1. The van der Waals surface area contributed by atoms with Crippen molar-refractivity contribution >= 4 is 59.3 Å². The Morgan fingerprint density at radius 2 is 1.83 bits per heavy atom. The molecule has 2 aliphatic heterocycles. The predicted molar refractivity (Wildman–Crippen MR) is 163 cm³/mol. The summed E-state index contributed by atoms with van der Waals surface area (Å²) in [5.41, 5.74) is 0.0997. The summed E-state index contributed by atoms with van der Waals surface area (Å²) >= 11 is 2.56. The molecule has 17 nitrogen and oxygen atoms in total. The van der Waals surface area contributed by atoms with Crippen LogP contribution in [0.3, 0.4) is 0 Å². The van der Waals surface area contributed by atoms with Crippen molar-refractivity contribution in [2.24, 2.45) is 12.5 Å². The zero-order valence-electron chi connectivity index (χ0n) is 25.6. The van der Waals surface area contributed by atoms with E-state index in [-0.39, 0.29) is 11.4 Å². The average molecular weight is 676 g/mol. The molecule has 1 aromatic heterocycles. The third kappa shape index (κ3) is 7.94. The van der Waals surface area contributed by atoms with E-state index < -0.39 is 65.5 Å². The van der Waals surface area contributed by atoms with Crippen molar-refractivity contribution in [3.05, 3.63) is 47.2 Å². The van der Waals surface area contributed by atoms with Crippen LogP contribution in [0.25, 0.3) is 0 Å². The summed E-state index contributed by atoms with van der Waals surface area (Å²) in [7, 11) is 2.99. The molecule has 3 atom stereocenters. The van der Waals surface area contributed by atoms with Gasteiger partial charge in [0.05, 0.1) is 5.41 Å². The molecular formula is C27H33N9O8S2. The molecule has 19 heteroatoms. The molecule has 1 saturated heterocycles. The molecule has 3 heterocycles. The van der Waals surface area contributed by atoms with Crippen molar-refractivity contribution in [1.29, 1.82) is 0 Å². The van der Waals surface area contributed by atoms with Crippen molar-refractivity contribution < 1.29 is 38.2 Å². The number of urea groups is 2. The second-order valence-electron chi connectivity index (χ2n) is 11.0. The van der Waals surface area contributed by atoms with Gasteiger partial charge in [-0.15, -0.1) is 16.9 Å². The Bertz CT molecular complexity index is 1540. The number of nitrogens with zero attached hydrogens (tertiary/aromatic N) is 5. The van der Waals surface area contributed by atoms with Gasteiger partial charge in [-0.25, -0.2) is 19.1 Å². The van der Waals surface area contributed by atoms with E-state index in [1.165, 1.54) is 40.2 Å². The average Bonchev–Trinajstić information content (AvgIpc) is 3.44. The molecule has 1 aromatic carbocycles. The number of amides is 6. The molecule has 2 aromatic rings. The minimum absolute atomic E-state index is 0.0311. The molecule has 46 heavy (non-hydrogen) atoms. The molecule has 0 saturated carbocycles. The molecule has 246 valence electrons. The van der Waals surface area contributed by atoms with Crippen molar-refractivity contribution in [3.8, 4) is 0 Å². The van der Waals surface area contributed by atoms with E-state index in [2.05, 4.69) is 31.5 Å². The summed E-state index contributed by atoms with van der Waals surface area (Å²) in [6.07, 6.45) is 0. The minimum atomic E-state index is -1.26. The van der Waals surface area contributed by atoms with E-state index in [0.29, 0.717) is 22.0 Å². The quantitative estimate of drug-likeness (QED) is 0.116. The molecule has 2 unspecified atom stereocenters. The van der Waals surface area contributed by atoms with E-state index in [4.69, 9.17) is 9.47 Å². The van der Waals surface area contributed by atoms with Crippen molar-refractivity contribution in [1.82, 2.24) is 46.4 Å². The number of carbonyl (C=O) groups excluding carboxylic acids is 6. The number of benzene rings is 1. The van der Waals surface area contributed by atoms with Gasteiger partial charge in [0.1, 0.15) is 23.2 Å². The number of β-lactam (4-membered cyclic amide) rings is 1. The zero-order valence-corrected chi connectivity index (χ0v) is 27.2. The summed E-state index contributed by atoms with van der Waals surface area (Å²) in [4.78, 5) is 77.8. The first-order valence-corrected chi connectivity index (χ1v) is 15.9. The molecule has 6 amide bonds. The smallest absolute Gasteiger partial charge is 0.357 e. The number of aryl methyl sites for hydroxylation is 1. The third-order valence-electron chi connectivity index (χ3n) is 6.61. The van der Waals surface area contributed by atoms with E-state index >= 15 is 0 Å². The number of thioether (sulfide) groups is 2. The molecule has 2 aliphatic rings. The van der Waals surface area contributed by atoms with Gasteiger partial charge in [0.15, 0.2) is 0 Å². The SMILES string of the molecule is CNC(=O)NC(=O)NC(C(=O)NC1C(=O)N2C(C(=O)OCOC(=O)C(C)(C)C)=C(CSc3nnnn3C)CS[C@@H]12)c1ccccc1. The van der Waals surface area contributed by atoms with Crippen LogP contribution in [0, 0.1) is 5.41 Å². The number of ether oxygens (including phenoxy) is 2. The lowest BCUT2D eigenvalue weighted by atomic mass is 9.98. The van der Waals surface area contributed by atoms with Gasteiger partial charge in [0.2, 0.25) is 17.9 Å². The van der Waals surface area contributed by atoms with Crippen molar-refractivity contribution in [2.45, 2.75) is 43.4 Å². The monoisotopic (exact) mass is 675 g/mol. The molecule has 0 spiro atoms. The Kier molecular flexibility index (Phi) is 10.9. The maximum Gasteiger partial charge on any atom is 0.357 e. The fourth-order valence-electron chi connectivity index (χ4n) is 4.21. The van der Waals surface area contributed by atoms with E-state index in [0.717, 1.165) is 0 Å². The first kappa shape index (κ1) is 34.2. The number of esters is 2. The van der Waals surface area contributed by atoms with E-state index in [9.17, 15) is 28.8 Å². The van der Waals surface area contributed by atoms with Gasteiger partial charge in [0, 0.05) is 25.6 Å². The van der Waals surface area contributed by atoms with Crippen LogP contribution < -0.4 is 21.3 Å². The van der Waals surface area contributed by atoms with Crippen molar-refractivity contribution in [2.75, 3.05) is 25.3 Å². The van der Waals surface area contributed by atoms with Crippen LogP contribution in [0.15, 0.2) is 46.8 Å². The molecule has 0 radical (unpaired) electrons. The predicted octanol–water partition coefficient (Wildman–Crippen LogP) is 0.426. The fraction of sp³-hybridized carbons (Fsp3) is 0.444. The van der Waals surface area contributed by atoms with Gasteiger partial charge in [-0.3, -0.25) is 24.6 Å². The van der Waals surface area contributed by atoms with Crippen LogP contribution in [-0.4, -0.2) is 97.7 Å². The van der Waals surface area contributed by atoms with Crippen LogP contribution in [0.2, 0.25) is 0 Å². The van der Waals surface area contributed by atoms with Crippen molar-refractivity contribution in [3.63, 3.8) is 0 Å². The Hall–Kier alpha value is -4.65. The van der Waals surface area contributed by atoms with Crippen LogP contribution in [-0.2, 0) is 35.7 Å². The van der Waals surface area contributed by atoms with Crippen LogP contribution in [0.1, 0.15) is 32.4 Å². The topological polar surface area (TPSA) is 216 Å². The van der Waals surface area contributed by atoms with E-state index in [1.54, 1.807) is 58.2 Å². The normalized spacial score (nSPS) is 18.0. The Labute approximate surface area is 271 Å². The number of nitrogens with one attached hydrogen (secondary N) is 4. The highest BCUT2D eigenvalue weighted by Crippen LogP contribution is 2.42. The number of hydrogen-bond acceptors (Lipinski definition) is 13. The lowest BCUT2D eigenvalue weighted by Crippen LogP contribution is -2.71. The second kappa shape index (κ2) is 14.6. The number of hydrogen-bond donors (Lipinski definition) is 4. The third-order valence-corrected chi connectivity index (χ3v) is 9.05. The van der Waals surface area contributed by atoms with Gasteiger partial charge < -0.3 is 25.4 Å². The molecule has 0 bridgehead atoms. The molecule has 0 aliphatic carbocycles. The van der Waals surface area contributed by atoms with Gasteiger partial charge >= 0.3 is 24.0 Å². The zero-order chi connectivity index (χ0) is 33.6. The molecule has 4 N–H and O–H groups in total. The maximum atomic E-state index is 13.5. The molecule has 4 rings (SSSR count). The number of rotatable bonds is 10. The summed E-state index contributed by atoms with van der Waals surface area (Å²) in [5, 5.41) is 20.5. The number of tetrazole rings is 1. The lowest BCUT2D eigenvalue weighted by molar-refractivity contribution is -0.173. The standard InChI is InChI=1S/C27H33N9O8S2/c1-27(2,3)23(40)44-13-43-22(39)18-15(12-46-26-32-33-34-35(26)5)11-45-21-17(20(38)36(18)21)29-19(37)16(14-9-7-6-8-10-14)30-25(42)31-24(41)28-4/h6-10,16-17,21H,11-13H2,1-5H3,(H,29,37)(H3,28,30,31,41,42)/t16?,17?,21-/m0/s1. The Morgan fingerprint density at radius 3 is 2.46 bits per heavy atom. The summed E-state index contributed by atoms with van der Waals surface area (Å²) in [6.45, 7) is 4.30.